The Bertz CT molecular complexity index is 1710. The van der Waals surface area contributed by atoms with Crippen LogP contribution in [0.15, 0.2) is 61.2 Å². The molecule has 1 unspecified atom stereocenters. The van der Waals surface area contributed by atoms with E-state index < -0.39 is 5.60 Å². The molecule has 0 radical (unpaired) electrons. The van der Waals surface area contributed by atoms with E-state index in [9.17, 15) is 4.79 Å². The lowest BCUT2D eigenvalue weighted by Crippen LogP contribution is -2.43. The average molecular weight is 553 g/mol. The summed E-state index contributed by atoms with van der Waals surface area (Å²) in [6, 6.07) is 12.8. The third-order valence-electron chi connectivity index (χ3n) is 7.83. The largest absolute Gasteiger partial charge is 0.444 e. The molecule has 41 heavy (non-hydrogen) atoms. The minimum Gasteiger partial charge on any atom is -0.444 e. The monoisotopic (exact) mass is 552 g/mol. The predicted octanol–water partition coefficient (Wildman–Crippen LogP) is 5.72. The van der Waals surface area contributed by atoms with Gasteiger partial charge in [-0.2, -0.15) is 0 Å². The van der Waals surface area contributed by atoms with Crippen LogP contribution in [-0.4, -0.2) is 59.2 Å². The summed E-state index contributed by atoms with van der Waals surface area (Å²) >= 11 is 0. The van der Waals surface area contributed by atoms with Gasteiger partial charge in [-0.3, -0.25) is 14.6 Å². The molecule has 0 bridgehead atoms. The number of ether oxygens (including phenoxy) is 1. The van der Waals surface area contributed by atoms with Crippen molar-refractivity contribution in [3.05, 3.63) is 66.9 Å². The molecule has 3 aromatic heterocycles. The fraction of sp³-hybridized carbons (Fsp3) is 0.387. The Morgan fingerprint density at radius 1 is 1.05 bits per heavy atom. The van der Waals surface area contributed by atoms with E-state index in [1.807, 2.05) is 43.6 Å². The SMILES string of the molecule is Cn1nncc1C(Nc1cc(-c2ccc3ccn(C)c3c2)c2nccnc2c1)C1CCN(C(=O)OC(C)(C)C)CC1. The number of fused-ring (bicyclic) bond motifs is 2. The molecule has 1 aliphatic heterocycles. The first kappa shape index (κ1) is 26.7. The summed E-state index contributed by atoms with van der Waals surface area (Å²) in [5.41, 5.74) is 6.36. The molecule has 1 atom stereocenters. The van der Waals surface area contributed by atoms with Gasteiger partial charge in [0, 0.05) is 62.5 Å². The number of nitrogens with one attached hydrogen (secondary N) is 1. The van der Waals surface area contributed by atoms with E-state index in [-0.39, 0.29) is 18.1 Å². The quantitative estimate of drug-likeness (QED) is 0.298. The fourth-order valence-electron chi connectivity index (χ4n) is 5.74. The van der Waals surface area contributed by atoms with Gasteiger partial charge in [0.05, 0.1) is 29.0 Å². The molecule has 1 amide bonds. The van der Waals surface area contributed by atoms with Gasteiger partial charge in [0.15, 0.2) is 0 Å². The van der Waals surface area contributed by atoms with Crippen molar-refractivity contribution in [2.75, 3.05) is 18.4 Å². The Labute approximate surface area is 239 Å². The van der Waals surface area contributed by atoms with Gasteiger partial charge in [-0.1, -0.05) is 17.3 Å². The number of amides is 1. The molecule has 10 nitrogen and oxygen atoms in total. The lowest BCUT2D eigenvalue weighted by Gasteiger charge is -2.37. The maximum Gasteiger partial charge on any atom is 0.410 e. The molecule has 2 aromatic carbocycles. The molecule has 0 saturated carbocycles. The summed E-state index contributed by atoms with van der Waals surface area (Å²) in [7, 11) is 3.97. The molecule has 0 spiro atoms. The lowest BCUT2D eigenvalue weighted by molar-refractivity contribution is 0.0176. The van der Waals surface area contributed by atoms with Crippen LogP contribution in [0, 0.1) is 5.92 Å². The highest BCUT2D eigenvalue weighted by atomic mass is 16.6. The van der Waals surface area contributed by atoms with Gasteiger partial charge in [-0.25, -0.2) is 4.79 Å². The number of likely N-dealkylation sites (tertiary alicyclic amines) is 1. The standard InChI is InChI=1S/C31H36N8O2/c1-31(2,3)41-30(40)39-14-9-21(10-15-39)28(27-19-34-36-38(27)5)35-23-17-24(29-25(18-23)32-11-12-33-29)22-7-6-20-8-13-37(4)26(20)16-22/h6-8,11-13,16-19,21,28,35H,9-10,14-15H2,1-5H3. The molecule has 6 rings (SSSR count). The number of nitrogens with zero attached hydrogens (tertiary/aromatic N) is 7. The lowest BCUT2D eigenvalue weighted by atomic mass is 9.87. The third-order valence-corrected chi connectivity index (χ3v) is 7.83. The second kappa shape index (κ2) is 10.5. The van der Waals surface area contributed by atoms with Crippen molar-refractivity contribution in [3.63, 3.8) is 0 Å². The molecule has 10 heteroatoms. The molecular formula is C31H36N8O2. The van der Waals surface area contributed by atoms with Crippen LogP contribution in [0.25, 0.3) is 33.1 Å². The first-order chi connectivity index (χ1) is 19.7. The first-order valence-corrected chi connectivity index (χ1v) is 14.1. The van der Waals surface area contributed by atoms with Gasteiger partial charge in [0.2, 0.25) is 0 Å². The Hall–Kier alpha value is -4.47. The summed E-state index contributed by atoms with van der Waals surface area (Å²) in [6.07, 6.45) is 8.76. The Morgan fingerprint density at radius 3 is 2.56 bits per heavy atom. The average Bonchev–Trinajstić information content (AvgIpc) is 3.55. The molecule has 0 aliphatic carbocycles. The summed E-state index contributed by atoms with van der Waals surface area (Å²) < 4.78 is 9.57. The smallest absolute Gasteiger partial charge is 0.410 e. The number of rotatable bonds is 5. The van der Waals surface area contributed by atoms with Crippen molar-refractivity contribution < 1.29 is 9.53 Å². The van der Waals surface area contributed by atoms with Crippen molar-refractivity contribution in [1.29, 1.82) is 0 Å². The molecule has 4 heterocycles. The van der Waals surface area contributed by atoms with E-state index in [1.54, 1.807) is 12.4 Å². The molecular weight excluding hydrogens is 516 g/mol. The van der Waals surface area contributed by atoms with Crippen LogP contribution in [0.5, 0.6) is 0 Å². The van der Waals surface area contributed by atoms with Gasteiger partial charge in [0.25, 0.3) is 0 Å². The number of piperidine rings is 1. The van der Waals surface area contributed by atoms with Crippen molar-refractivity contribution >= 4 is 33.7 Å². The van der Waals surface area contributed by atoms with E-state index in [4.69, 9.17) is 9.72 Å². The zero-order valence-electron chi connectivity index (χ0n) is 24.2. The minimum absolute atomic E-state index is 0.0619. The zero-order valence-corrected chi connectivity index (χ0v) is 24.2. The number of carbonyl (C=O) groups excluding carboxylic acids is 1. The van der Waals surface area contributed by atoms with E-state index in [1.165, 1.54) is 5.39 Å². The highest BCUT2D eigenvalue weighted by molar-refractivity contribution is 5.97. The van der Waals surface area contributed by atoms with Crippen molar-refractivity contribution in [1.82, 2.24) is 34.4 Å². The van der Waals surface area contributed by atoms with Crippen molar-refractivity contribution in [2.45, 2.75) is 45.3 Å². The summed E-state index contributed by atoms with van der Waals surface area (Å²) in [4.78, 5) is 23.9. The number of hydrogen-bond donors (Lipinski definition) is 1. The Kier molecular flexibility index (Phi) is 6.84. The second-order valence-corrected chi connectivity index (χ2v) is 11.9. The van der Waals surface area contributed by atoms with Gasteiger partial charge < -0.3 is 19.5 Å². The predicted molar refractivity (Wildman–Crippen MR) is 159 cm³/mol. The maximum atomic E-state index is 12.7. The first-order valence-electron chi connectivity index (χ1n) is 14.1. The van der Waals surface area contributed by atoms with Crippen LogP contribution in [0.4, 0.5) is 10.5 Å². The minimum atomic E-state index is -0.514. The highest BCUT2D eigenvalue weighted by Gasteiger charge is 2.33. The van der Waals surface area contributed by atoms with Crippen molar-refractivity contribution in [3.8, 4) is 11.1 Å². The number of carbonyl (C=O) groups is 1. The molecule has 5 aromatic rings. The topological polar surface area (TPSA) is 103 Å². The van der Waals surface area contributed by atoms with E-state index in [2.05, 4.69) is 74.8 Å². The number of aryl methyl sites for hydroxylation is 2. The zero-order chi connectivity index (χ0) is 28.7. The van der Waals surface area contributed by atoms with E-state index >= 15 is 0 Å². The van der Waals surface area contributed by atoms with Crippen LogP contribution < -0.4 is 5.32 Å². The second-order valence-electron chi connectivity index (χ2n) is 11.9. The maximum absolute atomic E-state index is 12.7. The molecule has 1 aliphatic rings. The number of aromatic nitrogens is 6. The molecule has 212 valence electrons. The van der Waals surface area contributed by atoms with E-state index in [0.29, 0.717) is 13.1 Å². The van der Waals surface area contributed by atoms with Crippen LogP contribution in [0.1, 0.15) is 45.3 Å². The van der Waals surface area contributed by atoms with Crippen LogP contribution in [0.3, 0.4) is 0 Å². The Morgan fingerprint density at radius 2 is 1.83 bits per heavy atom. The highest BCUT2D eigenvalue weighted by Crippen LogP contribution is 2.37. The molecule has 1 fully saturated rings. The van der Waals surface area contributed by atoms with Crippen molar-refractivity contribution in [2.24, 2.45) is 20.0 Å². The summed E-state index contributed by atoms with van der Waals surface area (Å²) in [6.45, 7) is 6.95. The van der Waals surface area contributed by atoms with E-state index in [0.717, 1.165) is 51.9 Å². The number of benzene rings is 2. The van der Waals surface area contributed by atoms with Crippen LogP contribution in [0.2, 0.25) is 0 Å². The number of anilines is 1. The van der Waals surface area contributed by atoms with Gasteiger partial charge >= 0.3 is 6.09 Å². The van der Waals surface area contributed by atoms with Gasteiger partial charge in [-0.15, -0.1) is 5.10 Å². The third kappa shape index (κ3) is 5.46. The normalized spacial score (nSPS) is 15.4. The van der Waals surface area contributed by atoms with Crippen LogP contribution >= 0.6 is 0 Å². The Balaban J connectivity index is 1.33. The summed E-state index contributed by atoms with van der Waals surface area (Å²) in [5.74, 6) is 0.256. The molecule has 1 N–H and O–H groups in total. The van der Waals surface area contributed by atoms with Gasteiger partial charge in [-0.05, 0) is 74.7 Å². The summed E-state index contributed by atoms with van der Waals surface area (Å²) in [5, 5.41) is 13.4. The number of hydrogen-bond acceptors (Lipinski definition) is 7. The van der Waals surface area contributed by atoms with Crippen LogP contribution in [-0.2, 0) is 18.8 Å². The van der Waals surface area contributed by atoms with Gasteiger partial charge in [0.1, 0.15) is 5.60 Å². The fourth-order valence-corrected chi connectivity index (χ4v) is 5.74. The molecule has 1 saturated heterocycles.